The zero-order chi connectivity index (χ0) is 22.1. The summed E-state index contributed by atoms with van der Waals surface area (Å²) < 4.78 is 0. The van der Waals surface area contributed by atoms with Crippen LogP contribution in [0.4, 0.5) is 0 Å². The largest absolute Gasteiger partial charge is 0.383 e. The highest BCUT2D eigenvalue weighted by Gasteiger charge is 2.38. The Morgan fingerprint density at radius 1 is 1.12 bits per heavy atom. The van der Waals surface area contributed by atoms with Crippen LogP contribution in [0.1, 0.15) is 54.4 Å². The molecule has 2 aromatic rings. The maximum Gasteiger partial charge on any atom is 0.219 e. The third-order valence-corrected chi connectivity index (χ3v) is 8.48. The molecule has 0 atom stereocenters. The van der Waals surface area contributed by atoms with E-state index in [-0.39, 0.29) is 5.91 Å². The monoisotopic (exact) mass is 454 g/mol. The Bertz CT molecular complexity index is 945. The molecule has 32 heavy (non-hydrogen) atoms. The van der Waals surface area contributed by atoms with Crippen LogP contribution in [0.25, 0.3) is 0 Å². The number of hydrogen-bond acceptors (Lipinski definition) is 6. The molecule has 0 aliphatic carbocycles. The number of rotatable bonds is 4. The maximum atomic E-state index is 11.6. The molecule has 5 rings (SSSR count). The molecule has 1 N–H and O–H groups in total. The third kappa shape index (κ3) is 4.62. The molecule has 0 saturated carbocycles. The second-order valence-electron chi connectivity index (χ2n) is 9.66. The van der Waals surface area contributed by atoms with Gasteiger partial charge in [-0.2, -0.15) is 0 Å². The highest BCUT2D eigenvalue weighted by molar-refractivity contribution is 7.09. The molecule has 172 valence electrons. The molecule has 6 nitrogen and oxygen atoms in total. The van der Waals surface area contributed by atoms with E-state index in [2.05, 4.69) is 39.4 Å². The van der Waals surface area contributed by atoms with Crippen molar-refractivity contribution in [2.24, 2.45) is 0 Å². The summed E-state index contributed by atoms with van der Waals surface area (Å²) in [5.74, 6) is 0.185. The number of amides is 1. The molecule has 3 aliphatic heterocycles. The highest BCUT2D eigenvalue weighted by atomic mass is 32.1. The molecule has 1 amide bonds. The van der Waals surface area contributed by atoms with Crippen molar-refractivity contribution < 1.29 is 9.90 Å². The van der Waals surface area contributed by atoms with Crippen LogP contribution in [0, 0.1) is 0 Å². The Kier molecular flexibility index (Phi) is 6.34. The van der Waals surface area contributed by atoms with Crippen LogP contribution in [0.15, 0.2) is 29.6 Å². The van der Waals surface area contributed by atoms with Crippen molar-refractivity contribution in [1.29, 1.82) is 0 Å². The summed E-state index contributed by atoms with van der Waals surface area (Å²) in [5, 5.41) is 14.6. The SMILES string of the molecule is CC(=O)N1CCC(N2CCC(O)(c3csc(CN4CCc5ccccc5C4)n3)CC2)CC1. The number of likely N-dealkylation sites (tertiary alicyclic amines) is 2. The zero-order valence-corrected chi connectivity index (χ0v) is 19.8. The normalized spacial score (nSPS) is 22.6. The Labute approximate surface area is 194 Å². The first-order valence-electron chi connectivity index (χ1n) is 12.0. The van der Waals surface area contributed by atoms with Gasteiger partial charge >= 0.3 is 0 Å². The van der Waals surface area contributed by atoms with E-state index < -0.39 is 5.60 Å². The molecule has 0 bridgehead atoms. The molecule has 0 spiro atoms. The second kappa shape index (κ2) is 9.21. The van der Waals surface area contributed by atoms with E-state index >= 15 is 0 Å². The summed E-state index contributed by atoms with van der Waals surface area (Å²) in [6.07, 6.45) is 4.65. The number of carbonyl (C=O) groups is 1. The molecular formula is C25H34N4O2S. The first-order chi connectivity index (χ1) is 15.5. The number of aliphatic hydroxyl groups is 1. The molecule has 0 unspecified atom stereocenters. The van der Waals surface area contributed by atoms with Gasteiger partial charge in [-0.25, -0.2) is 4.98 Å². The van der Waals surface area contributed by atoms with Crippen molar-refractivity contribution in [1.82, 2.24) is 19.7 Å². The van der Waals surface area contributed by atoms with Crippen molar-refractivity contribution >= 4 is 17.2 Å². The smallest absolute Gasteiger partial charge is 0.219 e. The number of piperidine rings is 2. The average Bonchev–Trinajstić information content (AvgIpc) is 3.29. The van der Waals surface area contributed by atoms with Gasteiger partial charge in [-0.1, -0.05) is 24.3 Å². The Balaban J connectivity index is 1.15. The van der Waals surface area contributed by atoms with E-state index in [1.165, 1.54) is 11.1 Å². The standard InChI is InChI=1S/C25H34N4O2S/c1-19(30)28-12-7-22(8-13-28)29-14-9-25(31,10-15-29)23-18-32-24(26-23)17-27-11-6-20-4-2-3-5-21(20)16-27/h2-5,18,22,31H,6-17H2,1H3. The summed E-state index contributed by atoms with van der Waals surface area (Å²) in [7, 11) is 0. The van der Waals surface area contributed by atoms with Gasteiger partial charge in [0.2, 0.25) is 5.91 Å². The number of thiazole rings is 1. The summed E-state index contributed by atoms with van der Waals surface area (Å²) in [4.78, 5) is 23.4. The fraction of sp³-hybridized carbons (Fsp3) is 0.600. The fourth-order valence-electron chi connectivity index (χ4n) is 5.54. The molecule has 1 aromatic heterocycles. The maximum absolute atomic E-state index is 11.6. The van der Waals surface area contributed by atoms with Gasteiger partial charge in [0.25, 0.3) is 0 Å². The van der Waals surface area contributed by atoms with Gasteiger partial charge in [0, 0.05) is 57.6 Å². The van der Waals surface area contributed by atoms with Gasteiger partial charge in [0.05, 0.1) is 12.2 Å². The topological polar surface area (TPSA) is 59.9 Å². The van der Waals surface area contributed by atoms with Crippen LogP contribution in [-0.2, 0) is 29.9 Å². The number of benzene rings is 1. The lowest BCUT2D eigenvalue weighted by Crippen LogP contribution is -2.51. The molecule has 7 heteroatoms. The third-order valence-electron chi connectivity index (χ3n) is 7.65. The lowest BCUT2D eigenvalue weighted by atomic mass is 9.87. The molecular weight excluding hydrogens is 420 g/mol. The van der Waals surface area contributed by atoms with E-state index in [9.17, 15) is 9.90 Å². The minimum atomic E-state index is -0.806. The van der Waals surface area contributed by atoms with E-state index in [4.69, 9.17) is 4.98 Å². The fourth-order valence-corrected chi connectivity index (χ4v) is 6.47. The van der Waals surface area contributed by atoms with E-state index in [1.54, 1.807) is 18.3 Å². The lowest BCUT2D eigenvalue weighted by molar-refractivity contribution is -0.130. The molecule has 4 heterocycles. The van der Waals surface area contributed by atoms with Gasteiger partial charge in [-0.3, -0.25) is 9.69 Å². The van der Waals surface area contributed by atoms with Crippen LogP contribution in [0.2, 0.25) is 0 Å². The molecule has 3 aliphatic rings. The van der Waals surface area contributed by atoms with Crippen molar-refractivity contribution in [2.75, 3.05) is 32.7 Å². The van der Waals surface area contributed by atoms with Gasteiger partial charge in [0.1, 0.15) is 10.6 Å². The van der Waals surface area contributed by atoms with Crippen LogP contribution < -0.4 is 0 Å². The molecule has 2 saturated heterocycles. The predicted molar refractivity (Wildman–Crippen MR) is 126 cm³/mol. The quantitative estimate of drug-likeness (QED) is 0.770. The Morgan fingerprint density at radius 3 is 2.56 bits per heavy atom. The Morgan fingerprint density at radius 2 is 1.84 bits per heavy atom. The van der Waals surface area contributed by atoms with E-state index in [1.807, 2.05) is 4.90 Å². The van der Waals surface area contributed by atoms with Crippen LogP contribution in [0.5, 0.6) is 0 Å². The van der Waals surface area contributed by atoms with Crippen LogP contribution in [-0.4, -0.2) is 69.5 Å². The van der Waals surface area contributed by atoms with Gasteiger partial charge < -0.3 is 14.9 Å². The van der Waals surface area contributed by atoms with Crippen LogP contribution in [0.3, 0.4) is 0 Å². The lowest BCUT2D eigenvalue weighted by Gasteiger charge is -2.43. The highest BCUT2D eigenvalue weighted by Crippen LogP contribution is 2.35. The van der Waals surface area contributed by atoms with Gasteiger partial charge in [-0.15, -0.1) is 11.3 Å². The summed E-state index contributed by atoms with van der Waals surface area (Å²) in [6.45, 7) is 8.08. The van der Waals surface area contributed by atoms with Crippen molar-refractivity contribution in [3.05, 3.63) is 51.5 Å². The predicted octanol–water partition coefficient (Wildman–Crippen LogP) is 3.00. The van der Waals surface area contributed by atoms with Gasteiger partial charge in [0.15, 0.2) is 0 Å². The second-order valence-corrected chi connectivity index (χ2v) is 10.6. The molecule has 2 fully saturated rings. The van der Waals surface area contributed by atoms with Crippen molar-refractivity contribution in [3.63, 3.8) is 0 Å². The zero-order valence-electron chi connectivity index (χ0n) is 19.0. The van der Waals surface area contributed by atoms with E-state index in [0.29, 0.717) is 6.04 Å². The Hall–Kier alpha value is -1.80. The summed E-state index contributed by atoms with van der Waals surface area (Å²) >= 11 is 1.68. The first-order valence-corrected chi connectivity index (χ1v) is 12.8. The summed E-state index contributed by atoms with van der Waals surface area (Å²) in [5.41, 5.74) is 2.95. The first kappa shape index (κ1) is 22.0. The number of fused-ring (bicyclic) bond motifs is 1. The number of hydrogen-bond donors (Lipinski definition) is 1. The number of aromatic nitrogens is 1. The summed E-state index contributed by atoms with van der Waals surface area (Å²) in [6, 6.07) is 9.25. The van der Waals surface area contributed by atoms with E-state index in [0.717, 1.165) is 88.6 Å². The minimum Gasteiger partial charge on any atom is -0.383 e. The van der Waals surface area contributed by atoms with Crippen molar-refractivity contribution in [3.8, 4) is 0 Å². The molecule has 1 aromatic carbocycles. The van der Waals surface area contributed by atoms with Gasteiger partial charge in [-0.05, 0) is 43.2 Å². The molecule has 0 radical (unpaired) electrons. The minimum absolute atomic E-state index is 0.185. The number of carbonyl (C=O) groups excluding carboxylic acids is 1. The number of nitrogens with zero attached hydrogens (tertiary/aromatic N) is 4. The van der Waals surface area contributed by atoms with Crippen LogP contribution >= 0.6 is 11.3 Å². The average molecular weight is 455 g/mol. The van der Waals surface area contributed by atoms with Crippen molar-refractivity contribution in [2.45, 2.75) is 63.8 Å².